The van der Waals surface area contributed by atoms with Crippen LogP contribution in [0.1, 0.15) is 31.8 Å². The standard InChI is InChI=1S/C18H17BrO4/c1-11-6-12(2)8-14(7-11)18(21)23-10-16(20)13-4-5-17(22-3)15(19)9-13/h4-9H,10H2,1-3H3. The Morgan fingerprint density at radius 1 is 1.00 bits per heavy atom. The minimum Gasteiger partial charge on any atom is -0.496 e. The van der Waals surface area contributed by atoms with Crippen LogP contribution in [0.5, 0.6) is 5.75 Å². The van der Waals surface area contributed by atoms with Gasteiger partial charge in [0.1, 0.15) is 5.75 Å². The molecule has 0 saturated heterocycles. The number of benzene rings is 2. The van der Waals surface area contributed by atoms with Crippen molar-refractivity contribution in [2.24, 2.45) is 0 Å². The molecular formula is C18H17BrO4. The molecule has 23 heavy (non-hydrogen) atoms. The highest BCUT2D eigenvalue weighted by atomic mass is 79.9. The van der Waals surface area contributed by atoms with E-state index in [1.165, 1.54) is 0 Å². The molecule has 2 aromatic carbocycles. The van der Waals surface area contributed by atoms with Crippen molar-refractivity contribution in [1.29, 1.82) is 0 Å². The van der Waals surface area contributed by atoms with Gasteiger partial charge in [-0.05, 0) is 60.1 Å². The first kappa shape index (κ1) is 17.2. The molecule has 2 aromatic rings. The summed E-state index contributed by atoms with van der Waals surface area (Å²) in [6, 6.07) is 10.4. The Morgan fingerprint density at radius 2 is 1.65 bits per heavy atom. The van der Waals surface area contributed by atoms with Crippen LogP contribution in [0.3, 0.4) is 0 Å². The Kier molecular flexibility index (Phi) is 5.55. The van der Waals surface area contributed by atoms with Gasteiger partial charge >= 0.3 is 5.97 Å². The van der Waals surface area contributed by atoms with Crippen LogP contribution in [-0.4, -0.2) is 25.5 Å². The van der Waals surface area contributed by atoms with E-state index in [2.05, 4.69) is 15.9 Å². The molecule has 0 spiro atoms. The van der Waals surface area contributed by atoms with Crippen molar-refractivity contribution in [1.82, 2.24) is 0 Å². The van der Waals surface area contributed by atoms with Gasteiger partial charge in [0.25, 0.3) is 0 Å². The summed E-state index contributed by atoms with van der Waals surface area (Å²) in [7, 11) is 1.55. The molecule has 0 aromatic heterocycles. The highest BCUT2D eigenvalue weighted by Crippen LogP contribution is 2.25. The molecule has 0 fully saturated rings. The predicted octanol–water partition coefficient (Wildman–Crippen LogP) is 4.11. The first-order valence-corrected chi connectivity index (χ1v) is 7.82. The molecule has 2 rings (SSSR count). The van der Waals surface area contributed by atoms with Crippen LogP contribution >= 0.6 is 15.9 Å². The highest BCUT2D eigenvalue weighted by molar-refractivity contribution is 9.10. The van der Waals surface area contributed by atoms with Crippen LogP contribution in [0.4, 0.5) is 0 Å². The fraction of sp³-hybridized carbons (Fsp3) is 0.222. The Balaban J connectivity index is 2.03. The molecular weight excluding hydrogens is 360 g/mol. The van der Waals surface area contributed by atoms with Gasteiger partial charge in [0.2, 0.25) is 0 Å². The van der Waals surface area contributed by atoms with Gasteiger partial charge in [-0.2, -0.15) is 0 Å². The number of ketones is 1. The molecule has 0 aliphatic heterocycles. The van der Waals surface area contributed by atoms with E-state index in [4.69, 9.17) is 9.47 Å². The summed E-state index contributed by atoms with van der Waals surface area (Å²) in [4.78, 5) is 24.2. The number of halogens is 1. The van der Waals surface area contributed by atoms with Crippen molar-refractivity contribution in [2.45, 2.75) is 13.8 Å². The largest absolute Gasteiger partial charge is 0.496 e. The average Bonchev–Trinajstić information content (AvgIpc) is 2.51. The van der Waals surface area contributed by atoms with Gasteiger partial charge in [-0.1, -0.05) is 17.2 Å². The smallest absolute Gasteiger partial charge is 0.338 e. The fourth-order valence-corrected chi connectivity index (χ4v) is 2.77. The number of Topliss-reactive ketones (excluding diaryl/α,β-unsaturated/α-hetero) is 1. The van der Waals surface area contributed by atoms with Crippen LogP contribution in [0, 0.1) is 13.8 Å². The topological polar surface area (TPSA) is 52.6 Å². The third-order valence-corrected chi connectivity index (χ3v) is 3.89. The van der Waals surface area contributed by atoms with E-state index in [9.17, 15) is 9.59 Å². The molecule has 4 nitrogen and oxygen atoms in total. The second-order valence-electron chi connectivity index (χ2n) is 5.23. The molecule has 5 heteroatoms. The zero-order chi connectivity index (χ0) is 17.0. The van der Waals surface area contributed by atoms with Crippen LogP contribution in [0.2, 0.25) is 0 Å². The third-order valence-electron chi connectivity index (χ3n) is 3.27. The van der Waals surface area contributed by atoms with Crippen molar-refractivity contribution in [3.8, 4) is 5.75 Å². The van der Waals surface area contributed by atoms with Crippen molar-refractivity contribution in [2.75, 3.05) is 13.7 Å². The molecule has 0 atom stereocenters. The summed E-state index contributed by atoms with van der Waals surface area (Å²) in [6.07, 6.45) is 0. The third kappa shape index (κ3) is 4.42. The van der Waals surface area contributed by atoms with E-state index in [-0.39, 0.29) is 12.4 Å². The second kappa shape index (κ2) is 7.42. The second-order valence-corrected chi connectivity index (χ2v) is 6.08. The number of methoxy groups -OCH3 is 1. The molecule has 0 bridgehead atoms. The molecule has 0 N–H and O–H groups in total. The van der Waals surface area contributed by atoms with E-state index in [0.717, 1.165) is 11.1 Å². The first-order chi connectivity index (χ1) is 10.9. The quantitative estimate of drug-likeness (QED) is 0.581. The fourth-order valence-electron chi connectivity index (χ4n) is 2.23. The number of carbonyl (C=O) groups is 2. The molecule has 0 heterocycles. The molecule has 0 aliphatic rings. The number of hydrogen-bond donors (Lipinski definition) is 0. The van der Waals surface area contributed by atoms with Crippen molar-refractivity contribution >= 4 is 27.7 Å². The Hall–Kier alpha value is -2.14. The maximum absolute atomic E-state index is 12.1. The molecule has 120 valence electrons. The van der Waals surface area contributed by atoms with E-state index in [1.54, 1.807) is 37.4 Å². The molecule has 0 saturated carbocycles. The number of carbonyl (C=O) groups excluding carboxylic acids is 2. The lowest BCUT2D eigenvalue weighted by molar-refractivity contribution is 0.0474. The number of aryl methyl sites for hydroxylation is 2. The van der Waals surface area contributed by atoms with Gasteiger partial charge in [-0.3, -0.25) is 4.79 Å². The molecule has 0 radical (unpaired) electrons. The van der Waals surface area contributed by atoms with E-state index in [0.29, 0.717) is 21.3 Å². The van der Waals surface area contributed by atoms with Crippen LogP contribution in [-0.2, 0) is 4.74 Å². The summed E-state index contributed by atoms with van der Waals surface area (Å²) >= 11 is 3.32. The molecule has 0 unspecified atom stereocenters. The summed E-state index contributed by atoms with van der Waals surface area (Å²) in [5.41, 5.74) is 2.85. The minimum absolute atomic E-state index is 0.272. The van der Waals surface area contributed by atoms with Gasteiger partial charge in [-0.25, -0.2) is 4.79 Å². The average molecular weight is 377 g/mol. The monoisotopic (exact) mass is 376 g/mol. The maximum atomic E-state index is 12.1. The lowest BCUT2D eigenvalue weighted by Gasteiger charge is -2.08. The number of rotatable bonds is 5. The van der Waals surface area contributed by atoms with Crippen molar-refractivity contribution in [3.05, 3.63) is 63.1 Å². The summed E-state index contributed by atoms with van der Waals surface area (Å²) in [6.45, 7) is 3.51. The van der Waals surface area contributed by atoms with Gasteiger partial charge in [-0.15, -0.1) is 0 Å². The van der Waals surface area contributed by atoms with Crippen LogP contribution in [0.15, 0.2) is 40.9 Å². The SMILES string of the molecule is COc1ccc(C(=O)COC(=O)c2cc(C)cc(C)c2)cc1Br. The van der Waals surface area contributed by atoms with E-state index < -0.39 is 5.97 Å². The van der Waals surface area contributed by atoms with Gasteiger partial charge < -0.3 is 9.47 Å². The van der Waals surface area contributed by atoms with Gasteiger partial charge in [0.15, 0.2) is 12.4 Å². The number of ether oxygens (including phenoxy) is 2. The Labute approximate surface area is 143 Å². The van der Waals surface area contributed by atoms with E-state index >= 15 is 0 Å². The molecule has 0 amide bonds. The normalized spacial score (nSPS) is 10.3. The molecule has 0 aliphatic carbocycles. The Morgan fingerprint density at radius 3 is 2.22 bits per heavy atom. The lowest BCUT2D eigenvalue weighted by atomic mass is 10.1. The highest BCUT2D eigenvalue weighted by Gasteiger charge is 2.14. The summed E-state index contributed by atoms with van der Waals surface area (Å²) < 4.78 is 10.9. The zero-order valence-corrected chi connectivity index (χ0v) is 14.8. The van der Waals surface area contributed by atoms with Gasteiger partial charge in [0.05, 0.1) is 17.1 Å². The Bertz CT molecular complexity index is 732. The minimum atomic E-state index is -0.502. The zero-order valence-electron chi connectivity index (χ0n) is 13.2. The first-order valence-electron chi connectivity index (χ1n) is 7.03. The van der Waals surface area contributed by atoms with E-state index in [1.807, 2.05) is 19.9 Å². The summed E-state index contributed by atoms with van der Waals surface area (Å²) in [5, 5.41) is 0. The van der Waals surface area contributed by atoms with Gasteiger partial charge in [0, 0.05) is 5.56 Å². The number of esters is 1. The predicted molar refractivity (Wildman–Crippen MR) is 91.2 cm³/mol. The maximum Gasteiger partial charge on any atom is 0.338 e. The van der Waals surface area contributed by atoms with Crippen molar-refractivity contribution in [3.63, 3.8) is 0 Å². The number of hydrogen-bond acceptors (Lipinski definition) is 4. The van der Waals surface area contributed by atoms with Crippen molar-refractivity contribution < 1.29 is 19.1 Å². The van der Waals surface area contributed by atoms with Crippen LogP contribution in [0.25, 0.3) is 0 Å². The van der Waals surface area contributed by atoms with Crippen LogP contribution < -0.4 is 4.74 Å². The summed E-state index contributed by atoms with van der Waals surface area (Å²) in [5.74, 6) is -0.141. The lowest BCUT2D eigenvalue weighted by Crippen LogP contribution is -2.14.